The Bertz CT molecular complexity index is 655. The monoisotopic (exact) mass is 345 g/mol. The average molecular weight is 345 g/mol. The molecule has 1 atom stereocenters. The van der Waals surface area contributed by atoms with E-state index < -0.39 is 20.8 Å². The number of methoxy groups -OCH3 is 1. The van der Waals surface area contributed by atoms with Gasteiger partial charge in [0.15, 0.2) is 0 Å². The van der Waals surface area contributed by atoms with Gasteiger partial charge >= 0.3 is 0 Å². The normalized spacial score (nSPS) is 23.1. The van der Waals surface area contributed by atoms with E-state index in [0.29, 0.717) is 31.9 Å². The fourth-order valence-electron chi connectivity index (χ4n) is 2.43. The van der Waals surface area contributed by atoms with Crippen molar-refractivity contribution in [2.45, 2.75) is 36.5 Å². The number of hydrogen-bond acceptors (Lipinski definition) is 4. The Labute approximate surface area is 135 Å². The first-order chi connectivity index (χ1) is 10.3. The third kappa shape index (κ3) is 3.76. The minimum Gasteiger partial charge on any atom is -0.380 e. The summed E-state index contributed by atoms with van der Waals surface area (Å²) in [5.74, 6) is 0.379. The maximum atomic E-state index is 12.8. The number of benzene rings is 1. The number of rotatable bonds is 4. The molecule has 0 bridgehead atoms. The predicted molar refractivity (Wildman–Crippen MR) is 87.6 cm³/mol. The molecule has 0 aliphatic carbocycles. The molecular formula is C15H23NO4S2. The van der Waals surface area contributed by atoms with E-state index in [0.717, 1.165) is 5.56 Å². The molecule has 0 saturated carbocycles. The third-order valence-electron chi connectivity index (χ3n) is 3.95. The van der Waals surface area contributed by atoms with Crippen molar-refractivity contribution in [3.8, 4) is 0 Å². The van der Waals surface area contributed by atoms with Crippen LogP contribution in [0.2, 0.25) is 0 Å². The Balaban J connectivity index is 2.27. The van der Waals surface area contributed by atoms with Gasteiger partial charge in [0.05, 0.1) is 11.5 Å². The highest BCUT2D eigenvalue weighted by molar-refractivity contribution is 7.89. The van der Waals surface area contributed by atoms with Gasteiger partial charge in [-0.05, 0) is 38.0 Å². The van der Waals surface area contributed by atoms with Crippen molar-refractivity contribution in [3.05, 3.63) is 29.8 Å². The molecule has 1 aliphatic rings. The first kappa shape index (κ1) is 17.6. The predicted octanol–water partition coefficient (Wildman–Crippen LogP) is 1.75. The van der Waals surface area contributed by atoms with Crippen LogP contribution in [0, 0.1) is 0 Å². The second kappa shape index (κ2) is 6.78. The van der Waals surface area contributed by atoms with E-state index in [1.165, 1.54) is 4.31 Å². The molecule has 1 aromatic carbocycles. The van der Waals surface area contributed by atoms with Crippen LogP contribution < -0.4 is 0 Å². The van der Waals surface area contributed by atoms with E-state index in [1.54, 1.807) is 25.3 Å². The smallest absolute Gasteiger partial charge is 0.243 e. The van der Waals surface area contributed by atoms with Crippen molar-refractivity contribution in [3.63, 3.8) is 0 Å². The second-order valence-corrected chi connectivity index (χ2v) is 10.2. The molecule has 0 amide bonds. The summed E-state index contributed by atoms with van der Waals surface area (Å²) in [5.41, 5.74) is 0.822. The molecule has 124 valence electrons. The quantitative estimate of drug-likeness (QED) is 0.834. The molecule has 1 aromatic rings. The van der Waals surface area contributed by atoms with Crippen molar-refractivity contribution in [1.82, 2.24) is 4.31 Å². The van der Waals surface area contributed by atoms with Crippen LogP contribution in [-0.4, -0.2) is 47.6 Å². The highest BCUT2D eigenvalue weighted by Gasteiger charge is 2.34. The number of nitrogens with zero attached hydrogens (tertiary/aromatic N) is 1. The molecule has 0 spiro atoms. The first-order valence-corrected chi connectivity index (χ1v) is 10.00. The molecule has 0 N–H and O–H groups in total. The summed E-state index contributed by atoms with van der Waals surface area (Å²) < 4.78 is 43.9. The highest BCUT2D eigenvalue weighted by atomic mass is 32.2. The molecule has 0 aromatic heterocycles. The van der Waals surface area contributed by atoms with Crippen molar-refractivity contribution in [2.24, 2.45) is 0 Å². The summed E-state index contributed by atoms with van der Waals surface area (Å²) in [6.07, 6.45) is 0.594. The van der Waals surface area contributed by atoms with Crippen LogP contribution >= 0.6 is 0 Å². The minimum absolute atomic E-state index is 0.271. The van der Waals surface area contributed by atoms with E-state index in [2.05, 4.69) is 0 Å². The van der Waals surface area contributed by atoms with Crippen LogP contribution in [0.25, 0.3) is 0 Å². The second-order valence-electron chi connectivity index (χ2n) is 6.04. The molecule has 7 heteroatoms. The molecule has 22 heavy (non-hydrogen) atoms. The van der Waals surface area contributed by atoms with E-state index >= 15 is 0 Å². The third-order valence-corrected chi connectivity index (χ3v) is 7.84. The molecule has 1 saturated heterocycles. The fourth-order valence-corrected chi connectivity index (χ4v) is 5.32. The topological polar surface area (TPSA) is 63.7 Å². The van der Waals surface area contributed by atoms with Crippen molar-refractivity contribution in [2.75, 3.05) is 26.0 Å². The molecule has 1 unspecified atom stereocenters. The Hall–Kier alpha value is -0.760. The summed E-state index contributed by atoms with van der Waals surface area (Å²) in [7, 11) is -2.99. The molecule has 0 radical (unpaired) electrons. The van der Waals surface area contributed by atoms with Gasteiger partial charge in [-0.2, -0.15) is 4.31 Å². The van der Waals surface area contributed by atoms with Gasteiger partial charge in [0.2, 0.25) is 10.0 Å². The molecule has 1 aliphatic heterocycles. The number of sulfonamides is 1. The maximum absolute atomic E-state index is 12.8. The number of ether oxygens (including phenoxy) is 1. The first-order valence-electron chi connectivity index (χ1n) is 7.24. The lowest BCUT2D eigenvalue weighted by Crippen LogP contribution is -2.33. The van der Waals surface area contributed by atoms with Gasteiger partial charge < -0.3 is 4.74 Å². The van der Waals surface area contributed by atoms with E-state index in [1.807, 2.05) is 19.9 Å². The standard InChI is InChI=1S/C15H23NO4S2/c1-15(2)7-8-16(9-10-21(15)17)22(18,19)14-6-4-5-13(11-14)12-20-3/h4-6,11H,7-10,12H2,1-3H3. The van der Waals surface area contributed by atoms with Gasteiger partial charge in [-0.15, -0.1) is 0 Å². The fraction of sp³-hybridized carbons (Fsp3) is 0.600. The van der Waals surface area contributed by atoms with Crippen LogP contribution in [0.3, 0.4) is 0 Å². The van der Waals surface area contributed by atoms with Gasteiger partial charge in [-0.25, -0.2) is 8.42 Å². The molecule has 2 rings (SSSR count). The lowest BCUT2D eigenvalue weighted by Gasteiger charge is -2.22. The molecule has 1 fully saturated rings. The van der Waals surface area contributed by atoms with Crippen molar-refractivity contribution >= 4 is 20.8 Å². The SMILES string of the molecule is COCc1cccc(S(=O)(=O)N2CCS(=O)C(C)(C)CC2)c1. The van der Waals surface area contributed by atoms with Crippen LogP contribution in [0.4, 0.5) is 0 Å². The number of hydrogen-bond donors (Lipinski definition) is 0. The zero-order valence-corrected chi connectivity index (χ0v) is 14.9. The lowest BCUT2D eigenvalue weighted by atomic mass is 10.1. The molecular weight excluding hydrogens is 322 g/mol. The van der Waals surface area contributed by atoms with Gasteiger partial charge in [0.1, 0.15) is 0 Å². The Kier molecular flexibility index (Phi) is 5.42. The minimum atomic E-state index is -3.56. The summed E-state index contributed by atoms with van der Waals surface area (Å²) >= 11 is 0. The van der Waals surface area contributed by atoms with Gasteiger partial charge in [0, 0.05) is 41.5 Å². The lowest BCUT2D eigenvalue weighted by molar-refractivity contribution is 0.184. The van der Waals surface area contributed by atoms with E-state index in [4.69, 9.17) is 4.74 Å². The van der Waals surface area contributed by atoms with Gasteiger partial charge in [-0.3, -0.25) is 4.21 Å². The van der Waals surface area contributed by atoms with Crippen LogP contribution in [0.1, 0.15) is 25.8 Å². The zero-order valence-electron chi connectivity index (χ0n) is 13.2. The summed E-state index contributed by atoms with van der Waals surface area (Å²) in [4.78, 5) is 0.271. The largest absolute Gasteiger partial charge is 0.380 e. The summed E-state index contributed by atoms with van der Waals surface area (Å²) in [5, 5.41) is 0. The Morgan fingerprint density at radius 1 is 1.32 bits per heavy atom. The van der Waals surface area contributed by atoms with Crippen LogP contribution in [0.15, 0.2) is 29.2 Å². The highest BCUT2D eigenvalue weighted by Crippen LogP contribution is 2.25. The summed E-state index contributed by atoms with van der Waals surface area (Å²) in [6, 6.07) is 6.80. The van der Waals surface area contributed by atoms with Gasteiger partial charge in [-0.1, -0.05) is 12.1 Å². The zero-order chi connectivity index (χ0) is 16.4. The van der Waals surface area contributed by atoms with Crippen LogP contribution in [0.5, 0.6) is 0 Å². The van der Waals surface area contributed by atoms with Crippen molar-refractivity contribution in [1.29, 1.82) is 0 Å². The summed E-state index contributed by atoms with van der Waals surface area (Å²) in [6.45, 7) is 4.93. The Morgan fingerprint density at radius 3 is 2.73 bits per heavy atom. The van der Waals surface area contributed by atoms with E-state index in [9.17, 15) is 12.6 Å². The van der Waals surface area contributed by atoms with Gasteiger partial charge in [0.25, 0.3) is 0 Å². The van der Waals surface area contributed by atoms with E-state index in [-0.39, 0.29) is 9.64 Å². The molecule has 1 heterocycles. The average Bonchev–Trinajstić information content (AvgIpc) is 2.60. The van der Waals surface area contributed by atoms with Crippen LogP contribution in [-0.2, 0) is 32.2 Å². The Morgan fingerprint density at radius 2 is 2.05 bits per heavy atom. The maximum Gasteiger partial charge on any atom is 0.243 e. The van der Waals surface area contributed by atoms with Crippen molar-refractivity contribution < 1.29 is 17.4 Å². The molecule has 5 nitrogen and oxygen atoms in total.